The second kappa shape index (κ2) is 2.91. The first-order valence-corrected chi connectivity index (χ1v) is 7.60. The van der Waals surface area contributed by atoms with Crippen molar-refractivity contribution in [2.45, 2.75) is 6.42 Å². The first kappa shape index (κ1) is 10.9. The zero-order chi connectivity index (χ0) is 14.2. The molecule has 4 saturated carbocycles. The first-order valence-electron chi connectivity index (χ1n) is 7.60. The lowest BCUT2D eigenvalue weighted by molar-refractivity contribution is -0.176. The molecule has 0 amide bonds. The lowest BCUT2D eigenvalue weighted by Crippen LogP contribution is -2.62. The number of hydrogen-bond donors (Lipinski definition) is 0. The third kappa shape index (κ3) is 0.878. The molecular weight excluding hydrogens is 276 g/mol. The molecule has 108 valence electrons. The number of hydrogen-bond acceptors (Lipinski definition) is 6. The molecule has 2 bridgehead atoms. The standard InChI is InChI=1S/C15H12O6/c16-12-8-4-2-1-3(6(4)10(8)14(18)20-12)7-5(2)9-11(7)15(19)21-13(9)17/h2-11H,1H2. The maximum Gasteiger partial charge on any atom is 0.317 e. The number of esters is 4. The van der Waals surface area contributed by atoms with E-state index in [1.807, 2.05) is 0 Å². The lowest BCUT2D eigenvalue weighted by Gasteiger charge is -2.58. The SMILES string of the molecule is O=C1OC(=O)C2C1C1C3CC(C21)C1C2C(=O)OC(=O)C2C31. The number of fused-ring (bicyclic) bond motifs is 14. The van der Waals surface area contributed by atoms with Crippen LogP contribution in [-0.2, 0) is 28.7 Å². The Morgan fingerprint density at radius 3 is 1.14 bits per heavy atom. The summed E-state index contributed by atoms with van der Waals surface area (Å²) in [6.07, 6.45) is 0.950. The van der Waals surface area contributed by atoms with Crippen molar-refractivity contribution in [1.29, 1.82) is 0 Å². The monoisotopic (exact) mass is 288 g/mol. The number of carbonyl (C=O) groups excluding carboxylic acids is 4. The van der Waals surface area contributed by atoms with Crippen LogP contribution in [0.2, 0.25) is 0 Å². The third-order valence-electron chi connectivity index (χ3n) is 7.33. The molecule has 2 heterocycles. The van der Waals surface area contributed by atoms with Crippen molar-refractivity contribution in [2.24, 2.45) is 59.2 Å². The van der Waals surface area contributed by atoms with Gasteiger partial charge in [0, 0.05) is 0 Å². The molecule has 0 N–H and O–H groups in total. The summed E-state index contributed by atoms with van der Waals surface area (Å²) in [4.78, 5) is 47.3. The first-order chi connectivity index (χ1) is 10.1. The zero-order valence-corrected chi connectivity index (χ0v) is 10.9. The molecule has 6 heteroatoms. The summed E-state index contributed by atoms with van der Waals surface area (Å²) in [6.45, 7) is 0. The quantitative estimate of drug-likeness (QED) is 0.347. The molecule has 8 unspecified atom stereocenters. The van der Waals surface area contributed by atoms with E-state index in [4.69, 9.17) is 9.47 Å². The summed E-state index contributed by atoms with van der Waals surface area (Å²) in [5, 5.41) is 0. The van der Waals surface area contributed by atoms with Gasteiger partial charge in [-0.2, -0.15) is 0 Å². The Balaban J connectivity index is 1.42. The lowest BCUT2D eigenvalue weighted by atomic mass is 9.41. The van der Waals surface area contributed by atoms with E-state index in [0.717, 1.165) is 6.42 Å². The van der Waals surface area contributed by atoms with Crippen molar-refractivity contribution < 1.29 is 28.7 Å². The summed E-state index contributed by atoms with van der Waals surface area (Å²) in [5.74, 6) is -1.36. The summed E-state index contributed by atoms with van der Waals surface area (Å²) >= 11 is 0. The van der Waals surface area contributed by atoms with Crippen molar-refractivity contribution in [3.05, 3.63) is 0 Å². The molecule has 2 saturated heterocycles. The van der Waals surface area contributed by atoms with E-state index >= 15 is 0 Å². The van der Waals surface area contributed by atoms with Crippen LogP contribution < -0.4 is 0 Å². The van der Waals surface area contributed by atoms with Crippen molar-refractivity contribution in [1.82, 2.24) is 0 Å². The second-order valence-electron chi connectivity index (χ2n) is 7.46. The van der Waals surface area contributed by atoms with Crippen LogP contribution in [0.5, 0.6) is 0 Å². The largest absolute Gasteiger partial charge is 0.393 e. The highest BCUT2D eigenvalue weighted by molar-refractivity contribution is 6.00. The fraction of sp³-hybridized carbons (Fsp3) is 0.733. The molecule has 21 heavy (non-hydrogen) atoms. The van der Waals surface area contributed by atoms with E-state index in [9.17, 15) is 19.2 Å². The van der Waals surface area contributed by atoms with Crippen LogP contribution in [0.4, 0.5) is 0 Å². The van der Waals surface area contributed by atoms with Gasteiger partial charge in [-0.05, 0) is 41.9 Å². The normalized spacial score (nSPS) is 61.3. The van der Waals surface area contributed by atoms with E-state index < -0.39 is 0 Å². The van der Waals surface area contributed by atoms with Crippen LogP contribution in [0.15, 0.2) is 0 Å². The van der Waals surface area contributed by atoms with Crippen LogP contribution in [-0.4, -0.2) is 23.9 Å². The minimum atomic E-state index is -0.378. The molecule has 6 fully saturated rings. The molecule has 4 aliphatic carbocycles. The van der Waals surface area contributed by atoms with E-state index in [1.165, 1.54) is 0 Å². The van der Waals surface area contributed by atoms with E-state index in [0.29, 0.717) is 0 Å². The topological polar surface area (TPSA) is 86.7 Å². The van der Waals surface area contributed by atoms with Gasteiger partial charge in [0.05, 0.1) is 23.7 Å². The van der Waals surface area contributed by atoms with Gasteiger partial charge < -0.3 is 9.47 Å². The smallest absolute Gasteiger partial charge is 0.317 e. The summed E-state index contributed by atoms with van der Waals surface area (Å²) in [5.41, 5.74) is 0. The molecule has 2 aliphatic heterocycles. The van der Waals surface area contributed by atoms with Gasteiger partial charge in [-0.25, -0.2) is 0 Å². The molecule has 0 aromatic carbocycles. The van der Waals surface area contributed by atoms with Crippen LogP contribution in [0.3, 0.4) is 0 Å². The van der Waals surface area contributed by atoms with E-state index in [1.54, 1.807) is 0 Å². The summed E-state index contributed by atoms with van der Waals surface area (Å²) < 4.78 is 9.60. The number of rotatable bonds is 0. The third-order valence-corrected chi connectivity index (χ3v) is 7.33. The number of cyclic esters (lactones) is 4. The molecule has 0 aromatic rings. The van der Waals surface area contributed by atoms with E-state index in [2.05, 4.69) is 0 Å². The van der Waals surface area contributed by atoms with Crippen LogP contribution in [0.25, 0.3) is 0 Å². The Morgan fingerprint density at radius 1 is 0.571 bits per heavy atom. The van der Waals surface area contributed by atoms with Crippen LogP contribution >= 0.6 is 0 Å². The molecule has 6 rings (SSSR count). The minimum absolute atomic E-state index is 0.185. The fourth-order valence-corrected chi connectivity index (χ4v) is 6.97. The Labute approximate surface area is 119 Å². The highest BCUT2D eigenvalue weighted by Gasteiger charge is 2.81. The molecular formula is C15H12O6. The Bertz CT molecular complexity index is 559. The Morgan fingerprint density at radius 2 is 0.857 bits per heavy atom. The van der Waals surface area contributed by atoms with Gasteiger partial charge in [0.25, 0.3) is 0 Å². The van der Waals surface area contributed by atoms with Gasteiger partial charge >= 0.3 is 23.9 Å². The minimum Gasteiger partial charge on any atom is -0.393 e. The molecule has 0 radical (unpaired) electrons. The highest BCUT2D eigenvalue weighted by atomic mass is 16.6. The highest BCUT2D eigenvalue weighted by Crippen LogP contribution is 2.78. The number of carbonyl (C=O) groups is 4. The molecule has 0 aromatic heterocycles. The average molecular weight is 288 g/mol. The van der Waals surface area contributed by atoms with Crippen LogP contribution in [0, 0.1) is 59.2 Å². The van der Waals surface area contributed by atoms with Crippen molar-refractivity contribution >= 4 is 23.9 Å². The maximum absolute atomic E-state index is 11.8. The van der Waals surface area contributed by atoms with Gasteiger partial charge in [-0.1, -0.05) is 0 Å². The predicted molar refractivity (Wildman–Crippen MR) is 61.7 cm³/mol. The predicted octanol–water partition coefficient (Wildman–Crippen LogP) is -0.240. The summed E-state index contributed by atoms with van der Waals surface area (Å²) in [6, 6.07) is 0. The van der Waals surface area contributed by atoms with Gasteiger partial charge in [-0.3, -0.25) is 19.2 Å². The van der Waals surface area contributed by atoms with Crippen LogP contribution in [0.1, 0.15) is 6.42 Å². The fourth-order valence-electron chi connectivity index (χ4n) is 6.97. The maximum atomic E-state index is 11.8. The van der Waals surface area contributed by atoms with E-state index in [-0.39, 0.29) is 83.1 Å². The average Bonchev–Trinajstić information content (AvgIpc) is 2.89. The Kier molecular flexibility index (Phi) is 1.52. The molecule has 6 nitrogen and oxygen atoms in total. The molecule has 6 aliphatic rings. The van der Waals surface area contributed by atoms with Gasteiger partial charge in [0.2, 0.25) is 0 Å². The van der Waals surface area contributed by atoms with Crippen molar-refractivity contribution in [3.8, 4) is 0 Å². The van der Waals surface area contributed by atoms with Gasteiger partial charge in [0.1, 0.15) is 0 Å². The second-order valence-corrected chi connectivity index (χ2v) is 7.46. The van der Waals surface area contributed by atoms with Crippen molar-refractivity contribution in [2.75, 3.05) is 0 Å². The molecule has 8 atom stereocenters. The molecule has 0 spiro atoms. The van der Waals surface area contributed by atoms with Gasteiger partial charge in [-0.15, -0.1) is 0 Å². The van der Waals surface area contributed by atoms with Crippen molar-refractivity contribution in [3.63, 3.8) is 0 Å². The Hall–Kier alpha value is -1.72. The summed E-state index contributed by atoms with van der Waals surface area (Å²) in [7, 11) is 0. The van der Waals surface area contributed by atoms with Gasteiger partial charge in [0.15, 0.2) is 0 Å². The zero-order valence-electron chi connectivity index (χ0n) is 10.9. The number of ether oxygens (including phenoxy) is 2.